The molecule has 112 valence electrons. The molecule has 0 amide bonds. The first-order valence-corrected chi connectivity index (χ1v) is 7.68. The number of nitrogens with zero attached hydrogens (tertiary/aromatic N) is 2. The molecule has 0 bridgehead atoms. The Balaban J connectivity index is 1.92. The first-order valence-electron chi connectivity index (χ1n) is 7.68. The maximum atomic E-state index is 5.11. The average molecular weight is 277 g/mol. The number of hydrogen-bond donors (Lipinski definition) is 1. The van der Waals surface area contributed by atoms with E-state index < -0.39 is 0 Å². The Morgan fingerprint density at radius 1 is 1.35 bits per heavy atom. The van der Waals surface area contributed by atoms with E-state index >= 15 is 0 Å². The predicted molar refractivity (Wildman–Crippen MR) is 82.0 cm³/mol. The van der Waals surface area contributed by atoms with Crippen molar-refractivity contribution >= 4 is 0 Å². The van der Waals surface area contributed by atoms with Crippen LogP contribution in [0.2, 0.25) is 0 Å². The third-order valence-electron chi connectivity index (χ3n) is 4.10. The van der Waals surface area contributed by atoms with E-state index in [0.717, 1.165) is 19.6 Å². The molecule has 2 atom stereocenters. The quantitative estimate of drug-likeness (QED) is 0.917. The van der Waals surface area contributed by atoms with Crippen LogP contribution in [0.3, 0.4) is 0 Å². The van der Waals surface area contributed by atoms with Crippen LogP contribution in [-0.2, 0) is 6.54 Å². The molecule has 20 heavy (non-hydrogen) atoms. The maximum Gasteiger partial charge on any atom is 0.212 e. The Morgan fingerprint density at radius 2 is 2.15 bits per heavy atom. The van der Waals surface area contributed by atoms with Crippen molar-refractivity contribution in [3.05, 3.63) is 23.9 Å². The normalized spacial score (nSPS) is 24.9. The highest BCUT2D eigenvalue weighted by molar-refractivity contribution is 5.17. The van der Waals surface area contributed by atoms with Crippen molar-refractivity contribution in [2.75, 3.05) is 20.2 Å². The summed E-state index contributed by atoms with van der Waals surface area (Å²) < 4.78 is 5.11. The summed E-state index contributed by atoms with van der Waals surface area (Å²) in [6, 6.07) is 5.32. The molecule has 0 aliphatic carbocycles. The maximum absolute atomic E-state index is 5.11. The number of pyridine rings is 1. The molecular formula is C16H27N3O. The van der Waals surface area contributed by atoms with Crippen molar-refractivity contribution in [2.45, 2.75) is 51.7 Å². The van der Waals surface area contributed by atoms with Gasteiger partial charge >= 0.3 is 0 Å². The second-order valence-corrected chi connectivity index (χ2v) is 5.74. The van der Waals surface area contributed by atoms with E-state index in [2.05, 4.69) is 35.1 Å². The third-order valence-corrected chi connectivity index (χ3v) is 4.10. The smallest absolute Gasteiger partial charge is 0.212 e. The van der Waals surface area contributed by atoms with Gasteiger partial charge in [0.25, 0.3) is 0 Å². The monoisotopic (exact) mass is 277 g/mol. The minimum atomic E-state index is 0.608. The second-order valence-electron chi connectivity index (χ2n) is 5.74. The molecule has 1 aliphatic heterocycles. The number of hydrogen-bond acceptors (Lipinski definition) is 4. The molecule has 1 aromatic rings. The van der Waals surface area contributed by atoms with E-state index in [-0.39, 0.29) is 0 Å². The molecule has 0 saturated carbocycles. The zero-order chi connectivity index (χ0) is 14.4. The zero-order valence-electron chi connectivity index (χ0n) is 12.9. The molecule has 1 fully saturated rings. The van der Waals surface area contributed by atoms with E-state index in [0.29, 0.717) is 18.0 Å². The number of ether oxygens (including phenoxy) is 1. The molecule has 1 saturated heterocycles. The van der Waals surface area contributed by atoms with Crippen LogP contribution in [0.4, 0.5) is 0 Å². The van der Waals surface area contributed by atoms with Gasteiger partial charge in [0.2, 0.25) is 5.88 Å². The molecule has 0 radical (unpaired) electrons. The first kappa shape index (κ1) is 15.3. The summed E-state index contributed by atoms with van der Waals surface area (Å²) in [7, 11) is 1.65. The van der Waals surface area contributed by atoms with Gasteiger partial charge in [0, 0.05) is 30.9 Å². The van der Waals surface area contributed by atoms with Gasteiger partial charge < -0.3 is 10.1 Å². The predicted octanol–water partition coefficient (Wildman–Crippen LogP) is 2.44. The van der Waals surface area contributed by atoms with Gasteiger partial charge in [0.1, 0.15) is 0 Å². The molecule has 4 heteroatoms. The van der Waals surface area contributed by atoms with Crippen LogP contribution in [0.15, 0.2) is 18.3 Å². The molecule has 0 spiro atoms. The Bertz CT molecular complexity index is 393. The summed E-state index contributed by atoms with van der Waals surface area (Å²) in [5.74, 6) is 0.685. The van der Waals surface area contributed by atoms with E-state index in [4.69, 9.17) is 4.74 Å². The van der Waals surface area contributed by atoms with Gasteiger partial charge in [-0.2, -0.15) is 0 Å². The summed E-state index contributed by atoms with van der Waals surface area (Å²) in [6.45, 7) is 7.85. The molecule has 2 heterocycles. The number of nitrogens with one attached hydrogen (secondary N) is 1. The summed E-state index contributed by atoms with van der Waals surface area (Å²) in [4.78, 5) is 6.83. The number of aromatic nitrogens is 1. The molecule has 1 aromatic heterocycles. The van der Waals surface area contributed by atoms with Crippen LogP contribution in [0, 0.1) is 0 Å². The minimum absolute atomic E-state index is 0.608. The fraction of sp³-hybridized carbons (Fsp3) is 0.688. The Labute approximate surface area is 122 Å². The van der Waals surface area contributed by atoms with E-state index in [1.165, 1.54) is 24.8 Å². The van der Waals surface area contributed by atoms with E-state index in [1.54, 1.807) is 7.11 Å². The summed E-state index contributed by atoms with van der Waals surface area (Å²) in [5, 5.41) is 3.71. The standard InChI is InChI=1S/C16H27N3O/c1-4-15-8-10-19(9-7-13(2)18-15)12-14-5-6-16(20-3)17-11-14/h5-6,11,13,15,18H,4,7-10,12H2,1-3H3. The van der Waals surface area contributed by atoms with Crippen LogP contribution in [-0.4, -0.2) is 42.2 Å². The summed E-state index contributed by atoms with van der Waals surface area (Å²) in [5.41, 5.74) is 1.26. The van der Waals surface area contributed by atoms with Crippen LogP contribution in [0.5, 0.6) is 5.88 Å². The lowest BCUT2D eigenvalue weighted by Gasteiger charge is -2.32. The van der Waals surface area contributed by atoms with Gasteiger partial charge in [0.15, 0.2) is 0 Å². The number of rotatable bonds is 4. The molecular weight excluding hydrogens is 250 g/mol. The molecule has 1 aliphatic rings. The van der Waals surface area contributed by atoms with Gasteiger partial charge in [-0.15, -0.1) is 0 Å². The number of methoxy groups -OCH3 is 1. The first-order chi connectivity index (χ1) is 9.71. The fourth-order valence-corrected chi connectivity index (χ4v) is 2.76. The van der Waals surface area contributed by atoms with Crippen molar-refractivity contribution in [1.82, 2.24) is 15.2 Å². The van der Waals surface area contributed by atoms with Gasteiger partial charge in [-0.3, -0.25) is 4.90 Å². The van der Waals surface area contributed by atoms with Crippen molar-refractivity contribution in [1.29, 1.82) is 0 Å². The molecule has 0 aromatic carbocycles. The van der Waals surface area contributed by atoms with Gasteiger partial charge in [-0.05, 0) is 44.8 Å². The highest BCUT2D eigenvalue weighted by atomic mass is 16.5. The Morgan fingerprint density at radius 3 is 2.80 bits per heavy atom. The summed E-state index contributed by atoms with van der Waals surface area (Å²) in [6.07, 6.45) is 5.57. The van der Waals surface area contributed by atoms with E-state index in [9.17, 15) is 0 Å². The SMILES string of the molecule is CCC1CCN(Cc2ccc(OC)nc2)CCC(C)N1. The Hall–Kier alpha value is -1.13. The fourth-order valence-electron chi connectivity index (χ4n) is 2.76. The zero-order valence-corrected chi connectivity index (χ0v) is 12.9. The lowest BCUT2D eigenvalue weighted by atomic mass is 10.1. The highest BCUT2D eigenvalue weighted by Crippen LogP contribution is 2.13. The van der Waals surface area contributed by atoms with E-state index in [1.807, 2.05) is 12.3 Å². The third kappa shape index (κ3) is 4.46. The van der Waals surface area contributed by atoms with Gasteiger partial charge in [0.05, 0.1) is 7.11 Å². The molecule has 1 N–H and O–H groups in total. The molecule has 4 nitrogen and oxygen atoms in total. The topological polar surface area (TPSA) is 37.4 Å². The van der Waals surface area contributed by atoms with Gasteiger partial charge in [-0.1, -0.05) is 13.0 Å². The van der Waals surface area contributed by atoms with Crippen LogP contribution in [0.25, 0.3) is 0 Å². The minimum Gasteiger partial charge on any atom is -0.481 e. The molecule has 2 rings (SSSR count). The van der Waals surface area contributed by atoms with Crippen LogP contribution < -0.4 is 10.1 Å². The highest BCUT2D eigenvalue weighted by Gasteiger charge is 2.17. The van der Waals surface area contributed by atoms with Gasteiger partial charge in [-0.25, -0.2) is 4.98 Å². The molecule has 2 unspecified atom stereocenters. The lowest BCUT2D eigenvalue weighted by molar-refractivity contribution is 0.206. The van der Waals surface area contributed by atoms with Crippen molar-refractivity contribution in [3.63, 3.8) is 0 Å². The van der Waals surface area contributed by atoms with Crippen molar-refractivity contribution in [2.24, 2.45) is 0 Å². The lowest BCUT2D eigenvalue weighted by Crippen LogP contribution is -2.43. The Kier molecular flexibility index (Phi) is 5.80. The van der Waals surface area contributed by atoms with Crippen LogP contribution >= 0.6 is 0 Å². The van der Waals surface area contributed by atoms with Crippen LogP contribution in [0.1, 0.15) is 38.7 Å². The second kappa shape index (κ2) is 7.60. The largest absolute Gasteiger partial charge is 0.481 e. The van der Waals surface area contributed by atoms with Crippen molar-refractivity contribution in [3.8, 4) is 5.88 Å². The van der Waals surface area contributed by atoms with Crippen molar-refractivity contribution < 1.29 is 4.74 Å². The summed E-state index contributed by atoms with van der Waals surface area (Å²) >= 11 is 0. The average Bonchev–Trinajstić information content (AvgIpc) is 2.47.